The third-order valence-corrected chi connectivity index (χ3v) is 3.24. The zero-order valence-corrected chi connectivity index (χ0v) is 11.5. The van der Waals surface area contributed by atoms with Crippen LogP contribution in [-0.4, -0.2) is 33.8 Å². The molecule has 2 N–H and O–H groups in total. The Kier molecular flexibility index (Phi) is 4.42. The van der Waals surface area contributed by atoms with Crippen molar-refractivity contribution < 1.29 is 9.72 Å². The number of amides is 1. The molecule has 1 unspecified atom stereocenters. The van der Waals surface area contributed by atoms with Crippen molar-refractivity contribution >= 4 is 17.4 Å². The van der Waals surface area contributed by atoms with Crippen LogP contribution in [0.1, 0.15) is 31.1 Å². The highest BCUT2D eigenvalue weighted by molar-refractivity contribution is 5.98. The molecule has 0 spiro atoms. The molecule has 0 aromatic carbocycles. The topological polar surface area (TPSA) is 102 Å². The van der Waals surface area contributed by atoms with E-state index in [1.807, 2.05) is 20.8 Å². The predicted molar refractivity (Wildman–Crippen MR) is 71.7 cm³/mol. The number of nitrogen functional groups attached to an aromatic ring is 1. The lowest BCUT2D eigenvalue weighted by molar-refractivity contribution is -0.385. The standard InChI is InChI=1S/C12H18N4O3/c1-7(2)8(3)15(4)12(17)10-5-9(16(18)19)6-14-11(10)13/h5-8H,1-4H3,(H2,13,14). The van der Waals surface area contributed by atoms with Crippen molar-refractivity contribution in [2.75, 3.05) is 12.8 Å². The molecule has 0 aliphatic heterocycles. The van der Waals surface area contributed by atoms with E-state index in [1.54, 1.807) is 7.05 Å². The Morgan fingerprint density at radius 3 is 2.53 bits per heavy atom. The Labute approximate surface area is 111 Å². The third-order valence-electron chi connectivity index (χ3n) is 3.24. The number of rotatable bonds is 4. The largest absolute Gasteiger partial charge is 0.383 e. The van der Waals surface area contributed by atoms with Crippen LogP contribution in [0.5, 0.6) is 0 Å². The first-order valence-corrected chi connectivity index (χ1v) is 5.92. The van der Waals surface area contributed by atoms with Gasteiger partial charge < -0.3 is 10.6 Å². The molecule has 0 bridgehead atoms. The number of anilines is 1. The molecule has 1 heterocycles. The van der Waals surface area contributed by atoms with Crippen molar-refractivity contribution in [3.05, 3.63) is 27.9 Å². The maximum Gasteiger partial charge on any atom is 0.288 e. The van der Waals surface area contributed by atoms with Crippen molar-refractivity contribution in [3.63, 3.8) is 0 Å². The van der Waals surface area contributed by atoms with Gasteiger partial charge in [-0.25, -0.2) is 4.98 Å². The lowest BCUT2D eigenvalue weighted by Crippen LogP contribution is -2.38. The lowest BCUT2D eigenvalue weighted by atomic mass is 10.0. The number of carbonyl (C=O) groups excluding carboxylic acids is 1. The van der Waals surface area contributed by atoms with Gasteiger partial charge in [0.05, 0.1) is 10.5 Å². The monoisotopic (exact) mass is 266 g/mol. The van der Waals surface area contributed by atoms with Gasteiger partial charge in [0.1, 0.15) is 12.0 Å². The van der Waals surface area contributed by atoms with E-state index in [0.29, 0.717) is 0 Å². The van der Waals surface area contributed by atoms with E-state index < -0.39 is 4.92 Å². The fourth-order valence-corrected chi connectivity index (χ4v) is 1.56. The molecule has 1 aromatic heterocycles. The molecule has 19 heavy (non-hydrogen) atoms. The SMILES string of the molecule is CC(C)C(C)N(C)C(=O)c1cc([N+](=O)[O-])cnc1N. The summed E-state index contributed by atoms with van der Waals surface area (Å²) in [4.78, 5) is 27.6. The van der Waals surface area contributed by atoms with Crippen LogP contribution in [0.15, 0.2) is 12.3 Å². The van der Waals surface area contributed by atoms with Gasteiger partial charge in [-0.2, -0.15) is 0 Å². The van der Waals surface area contributed by atoms with Gasteiger partial charge in [0.15, 0.2) is 0 Å². The van der Waals surface area contributed by atoms with E-state index in [9.17, 15) is 14.9 Å². The number of nitrogens with two attached hydrogens (primary N) is 1. The molecule has 1 atom stereocenters. The van der Waals surface area contributed by atoms with E-state index in [4.69, 9.17) is 5.73 Å². The number of nitro groups is 1. The molecule has 0 fully saturated rings. The van der Waals surface area contributed by atoms with Crippen LogP contribution in [0.2, 0.25) is 0 Å². The van der Waals surface area contributed by atoms with E-state index in [0.717, 1.165) is 12.3 Å². The van der Waals surface area contributed by atoms with Crippen molar-refractivity contribution in [3.8, 4) is 0 Å². The minimum absolute atomic E-state index is 0.00148. The summed E-state index contributed by atoms with van der Waals surface area (Å²) in [6.07, 6.45) is 1.04. The van der Waals surface area contributed by atoms with Gasteiger partial charge in [-0.3, -0.25) is 14.9 Å². The molecule has 7 heteroatoms. The molecule has 1 amide bonds. The molecule has 0 saturated heterocycles. The van der Waals surface area contributed by atoms with Crippen molar-refractivity contribution in [2.45, 2.75) is 26.8 Å². The summed E-state index contributed by atoms with van der Waals surface area (Å²) < 4.78 is 0. The molecule has 0 aliphatic rings. The first-order valence-electron chi connectivity index (χ1n) is 5.92. The highest BCUT2D eigenvalue weighted by Gasteiger charge is 2.24. The van der Waals surface area contributed by atoms with Gasteiger partial charge in [0.25, 0.3) is 11.6 Å². The van der Waals surface area contributed by atoms with Crippen molar-refractivity contribution in [1.82, 2.24) is 9.88 Å². The van der Waals surface area contributed by atoms with Crippen LogP contribution >= 0.6 is 0 Å². The smallest absolute Gasteiger partial charge is 0.288 e. The molecule has 1 rings (SSSR count). The van der Waals surface area contributed by atoms with Gasteiger partial charge in [0.2, 0.25) is 0 Å². The second kappa shape index (κ2) is 5.64. The number of hydrogen-bond acceptors (Lipinski definition) is 5. The molecule has 0 saturated carbocycles. The molecule has 1 aromatic rings. The van der Waals surface area contributed by atoms with Crippen molar-refractivity contribution in [1.29, 1.82) is 0 Å². The van der Waals surface area contributed by atoms with E-state index in [2.05, 4.69) is 4.98 Å². The Balaban J connectivity index is 3.12. The van der Waals surface area contributed by atoms with Crippen LogP contribution in [0.4, 0.5) is 11.5 Å². The minimum Gasteiger partial charge on any atom is -0.383 e. The van der Waals surface area contributed by atoms with Crippen LogP contribution in [0.3, 0.4) is 0 Å². The summed E-state index contributed by atoms with van der Waals surface area (Å²) in [5.41, 5.74) is 5.44. The number of carbonyl (C=O) groups is 1. The molecule has 7 nitrogen and oxygen atoms in total. The van der Waals surface area contributed by atoms with E-state index in [1.165, 1.54) is 4.90 Å². The summed E-state index contributed by atoms with van der Waals surface area (Å²) in [5.74, 6) is -0.102. The van der Waals surface area contributed by atoms with Gasteiger partial charge in [-0.15, -0.1) is 0 Å². The highest BCUT2D eigenvalue weighted by Crippen LogP contribution is 2.20. The number of aromatic nitrogens is 1. The maximum atomic E-state index is 12.3. The Morgan fingerprint density at radius 2 is 2.05 bits per heavy atom. The van der Waals surface area contributed by atoms with Crippen LogP contribution in [0, 0.1) is 16.0 Å². The van der Waals surface area contributed by atoms with Crippen molar-refractivity contribution in [2.24, 2.45) is 5.92 Å². The molecular formula is C12H18N4O3. The highest BCUT2D eigenvalue weighted by atomic mass is 16.6. The zero-order chi connectivity index (χ0) is 14.7. The van der Waals surface area contributed by atoms with E-state index in [-0.39, 0.29) is 34.9 Å². The molecule has 104 valence electrons. The first-order chi connectivity index (χ1) is 8.75. The average Bonchev–Trinajstić information content (AvgIpc) is 2.36. The normalized spacial score (nSPS) is 12.3. The first kappa shape index (κ1) is 14.9. The number of hydrogen-bond donors (Lipinski definition) is 1. The lowest BCUT2D eigenvalue weighted by Gasteiger charge is -2.28. The molecular weight excluding hydrogens is 248 g/mol. The predicted octanol–water partition coefficient (Wildman–Crippen LogP) is 1.69. The fourth-order valence-electron chi connectivity index (χ4n) is 1.56. The van der Waals surface area contributed by atoms with E-state index >= 15 is 0 Å². The van der Waals surface area contributed by atoms with Gasteiger partial charge in [0, 0.05) is 19.2 Å². The summed E-state index contributed by atoms with van der Waals surface area (Å²) in [6.45, 7) is 5.89. The second-order valence-electron chi connectivity index (χ2n) is 4.78. The third kappa shape index (κ3) is 3.18. The second-order valence-corrected chi connectivity index (χ2v) is 4.78. The van der Waals surface area contributed by atoms with Crippen LogP contribution in [0.25, 0.3) is 0 Å². The number of nitrogens with zero attached hydrogens (tertiary/aromatic N) is 3. The van der Waals surface area contributed by atoms with Gasteiger partial charge in [-0.05, 0) is 12.8 Å². The minimum atomic E-state index is -0.602. The summed E-state index contributed by atoms with van der Waals surface area (Å²) in [5, 5.41) is 10.7. The zero-order valence-electron chi connectivity index (χ0n) is 11.5. The summed E-state index contributed by atoms with van der Waals surface area (Å²) >= 11 is 0. The molecule has 0 radical (unpaired) electrons. The quantitative estimate of drug-likeness (QED) is 0.659. The van der Waals surface area contributed by atoms with Crippen LogP contribution < -0.4 is 5.73 Å². The van der Waals surface area contributed by atoms with Gasteiger partial charge in [-0.1, -0.05) is 13.8 Å². The number of pyridine rings is 1. The van der Waals surface area contributed by atoms with Crippen LogP contribution in [-0.2, 0) is 0 Å². The summed E-state index contributed by atoms with van der Waals surface area (Å²) in [6, 6.07) is 1.15. The fraction of sp³-hybridized carbons (Fsp3) is 0.500. The average molecular weight is 266 g/mol. The Bertz CT molecular complexity index is 502. The Hall–Kier alpha value is -2.18. The molecule has 0 aliphatic carbocycles. The Morgan fingerprint density at radius 1 is 1.47 bits per heavy atom. The maximum absolute atomic E-state index is 12.3. The summed E-state index contributed by atoms with van der Waals surface area (Å²) in [7, 11) is 1.64. The van der Waals surface area contributed by atoms with Gasteiger partial charge >= 0.3 is 0 Å².